The summed E-state index contributed by atoms with van der Waals surface area (Å²) in [6, 6.07) is 7.16. The van der Waals surface area contributed by atoms with Crippen LogP contribution in [0.2, 0.25) is 0 Å². The highest BCUT2D eigenvalue weighted by Crippen LogP contribution is 2.16. The molecule has 2 N–H and O–H groups in total. The summed E-state index contributed by atoms with van der Waals surface area (Å²) in [5, 5.41) is 8.61. The summed E-state index contributed by atoms with van der Waals surface area (Å²) in [4.78, 5) is 28.1. The van der Waals surface area contributed by atoms with Gasteiger partial charge in [0, 0.05) is 23.2 Å². The number of benzene rings is 1. The van der Waals surface area contributed by atoms with E-state index in [-0.39, 0.29) is 18.2 Å². The maximum atomic E-state index is 12.1. The number of nitrogens with one attached hydrogen (secondary N) is 2. The predicted octanol–water partition coefficient (Wildman–Crippen LogP) is 3.63. The van der Waals surface area contributed by atoms with Crippen LogP contribution in [-0.4, -0.2) is 16.8 Å². The zero-order valence-electron chi connectivity index (χ0n) is 13.4. The van der Waals surface area contributed by atoms with Crippen molar-refractivity contribution >= 4 is 34.5 Å². The first-order valence-electron chi connectivity index (χ1n) is 7.73. The zero-order valence-corrected chi connectivity index (χ0v) is 14.2. The summed E-state index contributed by atoms with van der Waals surface area (Å²) in [6.07, 6.45) is 2.42. The van der Waals surface area contributed by atoms with Crippen molar-refractivity contribution in [2.45, 2.75) is 39.5 Å². The van der Waals surface area contributed by atoms with Crippen LogP contribution in [0.5, 0.6) is 0 Å². The van der Waals surface area contributed by atoms with E-state index in [1.807, 2.05) is 19.2 Å². The number of thiazole rings is 1. The molecule has 0 saturated carbocycles. The smallest absolute Gasteiger partial charge is 0.230 e. The number of amides is 2. The van der Waals surface area contributed by atoms with E-state index >= 15 is 0 Å². The third-order valence-corrected chi connectivity index (χ3v) is 4.19. The second kappa shape index (κ2) is 8.43. The van der Waals surface area contributed by atoms with Gasteiger partial charge in [-0.2, -0.15) is 0 Å². The Morgan fingerprint density at radius 2 is 1.83 bits per heavy atom. The Morgan fingerprint density at radius 3 is 2.43 bits per heavy atom. The molecule has 6 heteroatoms. The molecule has 23 heavy (non-hydrogen) atoms. The van der Waals surface area contributed by atoms with Crippen LogP contribution in [-0.2, 0) is 22.4 Å². The molecule has 2 rings (SSSR count). The van der Waals surface area contributed by atoms with Crippen molar-refractivity contribution in [2.75, 3.05) is 10.6 Å². The van der Waals surface area contributed by atoms with E-state index in [4.69, 9.17) is 0 Å². The molecular formula is C17H21N3O2S. The van der Waals surface area contributed by atoms with Crippen molar-refractivity contribution in [3.63, 3.8) is 0 Å². The Labute approximate surface area is 140 Å². The highest BCUT2D eigenvalue weighted by molar-refractivity contribution is 7.09. The maximum absolute atomic E-state index is 12.1. The predicted molar refractivity (Wildman–Crippen MR) is 93.8 cm³/mol. The van der Waals surface area contributed by atoms with Crippen LogP contribution in [0.15, 0.2) is 29.6 Å². The van der Waals surface area contributed by atoms with Crippen LogP contribution in [0.1, 0.15) is 37.4 Å². The molecule has 2 amide bonds. The summed E-state index contributed by atoms with van der Waals surface area (Å²) in [5.74, 6) is -0.138. The SMILES string of the molecule is CCCC(=O)Nc1cccc(NC(=O)Cc2csc(CC)n2)c1. The number of rotatable bonds is 7. The minimum Gasteiger partial charge on any atom is -0.326 e. The molecule has 0 atom stereocenters. The number of nitrogens with zero attached hydrogens (tertiary/aromatic N) is 1. The summed E-state index contributed by atoms with van der Waals surface area (Å²) in [5.41, 5.74) is 2.13. The lowest BCUT2D eigenvalue weighted by molar-refractivity contribution is -0.116. The van der Waals surface area contributed by atoms with Crippen molar-refractivity contribution < 1.29 is 9.59 Å². The number of hydrogen-bond donors (Lipinski definition) is 2. The van der Waals surface area contributed by atoms with E-state index in [9.17, 15) is 9.59 Å². The van der Waals surface area contributed by atoms with Crippen LogP contribution in [0.3, 0.4) is 0 Å². The summed E-state index contributed by atoms with van der Waals surface area (Å²) in [6.45, 7) is 4.00. The Balaban J connectivity index is 1.93. The number of hydrogen-bond acceptors (Lipinski definition) is 4. The first kappa shape index (κ1) is 17.1. The highest BCUT2D eigenvalue weighted by Gasteiger charge is 2.08. The van der Waals surface area contributed by atoms with E-state index in [0.717, 1.165) is 23.5 Å². The average Bonchev–Trinajstić information content (AvgIpc) is 2.95. The number of carbonyl (C=O) groups is 2. The molecule has 0 spiro atoms. The lowest BCUT2D eigenvalue weighted by Crippen LogP contribution is -2.15. The topological polar surface area (TPSA) is 71.1 Å². The Bertz CT molecular complexity index is 682. The molecule has 122 valence electrons. The molecule has 0 aliphatic heterocycles. The molecule has 0 radical (unpaired) electrons. The summed E-state index contributed by atoms with van der Waals surface area (Å²) in [7, 11) is 0. The summed E-state index contributed by atoms with van der Waals surface area (Å²) >= 11 is 1.57. The molecule has 0 unspecified atom stereocenters. The Hall–Kier alpha value is -2.21. The second-order valence-corrected chi connectivity index (χ2v) is 6.13. The van der Waals surface area contributed by atoms with Gasteiger partial charge in [0.25, 0.3) is 0 Å². The number of aryl methyl sites for hydroxylation is 1. The standard InChI is InChI=1S/C17H21N3O2S/c1-3-6-15(21)18-12-7-5-8-13(9-12)19-16(22)10-14-11-23-17(4-2)20-14/h5,7-9,11H,3-4,6,10H2,1-2H3,(H,18,21)(H,19,22). The van der Waals surface area contributed by atoms with Gasteiger partial charge in [0.15, 0.2) is 0 Å². The molecule has 0 fully saturated rings. The average molecular weight is 331 g/mol. The molecule has 0 aliphatic rings. The molecule has 2 aromatic rings. The largest absolute Gasteiger partial charge is 0.326 e. The Morgan fingerprint density at radius 1 is 1.13 bits per heavy atom. The van der Waals surface area contributed by atoms with Gasteiger partial charge in [0.05, 0.1) is 17.1 Å². The van der Waals surface area contributed by atoms with Crippen LogP contribution in [0.25, 0.3) is 0 Å². The van der Waals surface area contributed by atoms with Crippen molar-refractivity contribution in [1.82, 2.24) is 4.98 Å². The van der Waals surface area contributed by atoms with Gasteiger partial charge in [-0.3, -0.25) is 9.59 Å². The fourth-order valence-electron chi connectivity index (χ4n) is 2.09. The third kappa shape index (κ3) is 5.49. The number of anilines is 2. The number of aromatic nitrogens is 1. The van der Waals surface area contributed by atoms with E-state index in [0.29, 0.717) is 17.8 Å². The van der Waals surface area contributed by atoms with E-state index < -0.39 is 0 Å². The highest BCUT2D eigenvalue weighted by atomic mass is 32.1. The van der Waals surface area contributed by atoms with Crippen molar-refractivity contribution in [2.24, 2.45) is 0 Å². The molecule has 0 aliphatic carbocycles. The third-order valence-electron chi connectivity index (χ3n) is 3.15. The fraction of sp³-hybridized carbons (Fsp3) is 0.353. The molecule has 1 heterocycles. The fourth-order valence-corrected chi connectivity index (χ4v) is 2.83. The van der Waals surface area contributed by atoms with Crippen molar-refractivity contribution in [3.8, 4) is 0 Å². The first-order valence-corrected chi connectivity index (χ1v) is 8.61. The lowest BCUT2D eigenvalue weighted by atomic mass is 10.2. The molecule has 5 nitrogen and oxygen atoms in total. The van der Waals surface area contributed by atoms with Crippen molar-refractivity contribution in [1.29, 1.82) is 0 Å². The van der Waals surface area contributed by atoms with E-state index in [1.54, 1.807) is 35.6 Å². The monoisotopic (exact) mass is 331 g/mol. The molecule has 1 aromatic heterocycles. The normalized spacial score (nSPS) is 10.3. The van der Waals surface area contributed by atoms with Gasteiger partial charge in [0.1, 0.15) is 0 Å². The van der Waals surface area contributed by atoms with E-state index in [2.05, 4.69) is 15.6 Å². The molecule has 0 saturated heterocycles. The van der Waals surface area contributed by atoms with Crippen molar-refractivity contribution in [3.05, 3.63) is 40.3 Å². The van der Waals surface area contributed by atoms with Gasteiger partial charge >= 0.3 is 0 Å². The molecular weight excluding hydrogens is 310 g/mol. The maximum Gasteiger partial charge on any atom is 0.230 e. The van der Waals surface area contributed by atoms with Gasteiger partial charge in [-0.25, -0.2) is 4.98 Å². The molecule has 0 bridgehead atoms. The van der Waals surface area contributed by atoms with Gasteiger partial charge in [-0.1, -0.05) is 19.9 Å². The number of carbonyl (C=O) groups excluding carboxylic acids is 2. The van der Waals surface area contributed by atoms with Gasteiger partial charge < -0.3 is 10.6 Å². The van der Waals surface area contributed by atoms with Gasteiger partial charge in [-0.15, -0.1) is 11.3 Å². The van der Waals surface area contributed by atoms with Gasteiger partial charge in [0.2, 0.25) is 11.8 Å². The van der Waals surface area contributed by atoms with Crippen LogP contribution in [0.4, 0.5) is 11.4 Å². The van der Waals surface area contributed by atoms with Crippen LogP contribution in [0, 0.1) is 0 Å². The minimum atomic E-state index is -0.116. The zero-order chi connectivity index (χ0) is 16.7. The Kier molecular flexibility index (Phi) is 6.29. The lowest BCUT2D eigenvalue weighted by Gasteiger charge is -2.08. The second-order valence-electron chi connectivity index (χ2n) is 5.19. The van der Waals surface area contributed by atoms with Crippen LogP contribution >= 0.6 is 11.3 Å². The van der Waals surface area contributed by atoms with E-state index in [1.165, 1.54) is 0 Å². The van der Waals surface area contributed by atoms with Gasteiger partial charge in [-0.05, 0) is 31.0 Å². The quantitative estimate of drug-likeness (QED) is 0.814. The molecule has 1 aromatic carbocycles. The van der Waals surface area contributed by atoms with Crippen LogP contribution < -0.4 is 10.6 Å². The first-order chi connectivity index (χ1) is 11.1. The minimum absolute atomic E-state index is 0.0226. The summed E-state index contributed by atoms with van der Waals surface area (Å²) < 4.78 is 0.